The molecule has 5 heteroatoms. The standard InChI is InChI=1S/C30H24N2OS2/c1-21-17-19-25(20-18-21)32-30(34-28(31-32)22(2)33)27-16-10-9-15-26(27)29(35-30,23-11-5-3-6-12-23)24-13-7-4-8-14-24/h3-20H,1-2H3/t30-/m0/s1. The zero-order valence-corrected chi connectivity index (χ0v) is 21.1. The molecule has 3 nitrogen and oxygen atoms in total. The number of hydrogen-bond acceptors (Lipinski definition) is 5. The number of thioether (sulfide) groups is 2. The number of benzene rings is 4. The van der Waals surface area contributed by atoms with E-state index in [0.717, 1.165) is 5.69 Å². The number of Topliss-reactive ketones (excluding diaryl/α,β-unsaturated/α-hetero) is 1. The molecule has 2 aliphatic rings. The van der Waals surface area contributed by atoms with Crippen molar-refractivity contribution in [1.82, 2.24) is 0 Å². The van der Waals surface area contributed by atoms with E-state index >= 15 is 0 Å². The number of rotatable bonds is 4. The zero-order valence-electron chi connectivity index (χ0n) is 19.5. The highest BCUT2D eigenvalue weighted by Crippen LogP contribution is 2.70. The van der Waals surface area contributed by atoms with Crippen molar-refractivity contribution >= 4 is 40.0 Å². The number of nitrogens with zero attached hydrogens (tertiary/aromatic N) is 2. The minimum Gasteiger partial charge on any atom is -0.292 e. The van der Waals surface area contributed by atoms with Gasteiger partial charge in [-0.1, -0.05) is 126 Å². The number of fused-ring (bicyclic) bond motifs is 2. The van der Waals surface area contributed by atoms with Gasteiger partial charge in [0.1, 0.15) is 0 Å². The Hall–Kier alpha value is -3.28. The van der Waals surface area contributed by atoms with Gasteiger partial charge in [-0.05, 0) is 35.7 Å². The first-order chi connectivity index (χ1) is 17.0. The van der Waals surface area contributed by atoms with E-state index in [1.54, 1.807) is 18.7 Å². The van der Waals surface area contributed by atoms with Crippen LogP contribution in [0.15, 0.2) is 114 Å². The summed E-state index contributed by atoms with van der Waals surface area (Å²) >= 11 is 3.41. The molecule has 0 unspecified atom stereocenters. The van der Waals surface area contributed by atoms with E-state index in [2.05, 4.69) is 121 Å². The number of hydrazone groups is 1. The van der Waals surface area contributed by atoms with Gasteiger partial charge in [0.15, 0.2) is 15.0 Å². The van der Waals surface area contributed by atoms with Gasteiger partial charge in [-0.25, -0.2) is 5.01 Å². The number of carbonyl (C=O) groups is 1. The Morgan fingerprint density at radius 2 is 1.29 bits per heavy atom. The van der Waals surface area contributed by atoms with E-state index < -0.39 is 8.95 Å². The molecule has 0 radical (unpaired) electrons. The first kappa shape index (κ1) is 22.2. The Morgan fingerprint density at radius 1 is 0.743 bits per heavy atom. The zero-order chi connectivity index (χ0) is 24.0. The third-order valence-electron chi connectivity index (χ3n) is 6.58. The largest absolute Gasteiger partial charge is 0.292 e. The van der Waals surface area contributed by atoms with Crippen molar-refractivity contribution in [2.45, 2.75) is 22.8 Å². The second kappa shape index (κ2) is 8.43. The van der Waals surface area contributed by atoms with Crippen LogP contribution >= 0.6 is 23.5 Å². The lowest BCUT2D eigenvalue weighted by Gasteiger charge is -2.37. The van der Waals surface area contributed by atoms with Crippen molar-refractivity contribution in [3.8, 4) is 0 Å². The van der Waals surface area contributed by atoms with Crippen LogP contribution < -0.4 is 5.01 Å². The van der Waals surface area contributed by atoms with Gasteiger partial charge in [-0.15, -0.1) is 0 Å². The summed E-state index contributed by atoms with van der Waals surface area (Å²) in [6.07, 6.45) is 0. The maximum atomic E-state index is 12.6. The molecule has 0 N–H and O–H groups in total. The molecular formula is C30H24N2OS2. The molecule has 1 spiro atoms. The summed E-state index contributed by atoms with van der Waals surface area (Å²) in [4.78, 5) is 12.6. The van der Waals surface area contributed by atoms with Gasteiger partial charge < -0.3 is 0 Å². The SMILES string of the molecule is CC(=O)C1=NN(c2ccc(C)cc2)[C@@]2(S1)SC(c1ccccc1)(c1ccccc1)c1ccccc12. The summed E-state index contributed by atoms with van der Waals surface area (Å²) in [7, 11) is 0. The van der Waals surface area contributed by atoms with Crippen LogP contribution in [0.25, 0.3) is 0 Å². The van der Waals surface area contributed by atoms with Gasteiger partial charge in [-0.2, -0.15) is 5.10 Å². The van der Waals surface area contributed by atoms with Gasteiger partial charge in [0, 0.05) is 12.5 Å². The Balaban J connectivity index is 1.64. The number of ketones is 1. The first-order valence-corrected chi connectivity index (χ1v) is 13.2. The molecule has 0 aromatic heterocycles. The highest BCUT2D eigenvalue weighted by molar-refractivity contribution is 8.27. The molecule has 0 bridgehead atoms. The maximum Gasteiger partial charge on any atom is 0.187 e. The Bertz CT molecular complexity index is 1390. The molecule has 2 heterocycles. The number of carbonyl (C=O) groups excluding carboxylic acids is 1. The topological polar surface area (TPSA) is 32.7 Å². The summed E-state index contributed by atoms with van der Waals surface area (Å²) in [5, 5.41) is 7.51. The molecule has 35 heavy (non-hydrogen) atoms. The van der Waals surface area contributed by atoms with Crippen molar-refractivity contribution in [2.24, 2.45) is 5.10 Å². The van der Waals surface area contributed by atoms with Gasteiger partial charge in [0.2, 0.25) is 0 Å². The van der Waals surface area contributed by atoms with Crippen LogP contribution in [-0.4, -0.2) is 10.8 Å². The van der Waals surface area contributed by atoms with Crippen molar-refractivity contribution < 1.29 is 4.79 Å². The van der Waals surface area contributed by atoms with E-state index in [4.69, 9.17) is 5.10 Å². The fourth-order valence-electron chi connectivity index (χ4n) is 4.96. The van der Waals surface area contributed by atoms with Gasteiger partial charge in [0.25, 0.3) is 0 Å². The average Bonchev–Trinajstić information content (AvgIpc) is 3.43. The third-order valence-corrected chi connectivity index (χ3v) is 9.98. The quantitative estimate of drug-likeness (QED) is 0.299. The Labute approximate surface area is 214 Å². The molecule has 2 aliphatic heterocycles. The molecule has 4 aromatic carbocycles. The van der Waals surface area contributed by atoms with Crippen LogP contribution in [0, 0.1) is 6.92 Å². The molecule has 0 aliphatic carbocycles. The molecule has 4 aromatic rings. The van der Waals surface area contributed by atoms with Crippen molar-refractivity contribution in [3.63, 3.8) is 0 Å². The minimum atomic E-state index is -0.626. The van der Waals surface area contributed by atoms with Crippen LogP contribution in [0.4, 0.5) is 5.69 Å². The van der Waals surface area contributed by atoms with E-state index in [-0.39, 0.29) is 5.78 Å². The second-order valence-electron chi connectivity index (χ2n) is 8.85. The van der Waals surface area contributed by atoms with Crippen molar-refractivity contribution in [3.05, 3.63) is 137 Å². The number of hydrogen-bond donors (Lipinski definition) is 0. The summed E-state index contributed by atoms with van der Waals surface area (Å²) in [5.41, 5.74) is 6.98. The molecular weight excluding hydrogens is 468 g/mol. The predicted octanol–water partition coefficient (Wildman–Crippen LogP) is 7.30. The smallest absolute Gasteiger partial charge is 0.187 e. The molecule has 1 atom stereocenters. The Kier molecular flexibility index (Phi) is 5.35. The first-order valence-electron chi connectivity index (χ1n) is 11.6. The lowest BCUT2D eigenvalue weighted by molar-refractivity contribution is -0.110. The number of aryl methyl sites for hydroxylation is 1. The third kappa shape index (κ3) is 3.37. The Morgan fingerprint density at radius 3 is 1.86 bits per heavy atom. The van der Waals surface area contributed by atoms with Gasteiger partial charge >= 0.3 is 0 Å². The van der Waals surface area contributed by atoms with Crippen LogP contribution in [0.1, 0.15) is 34.7 Å². The van der Waals surface area contributed by atoms with Gasteiger partial charge in [0.05, 0.1) is 10.4 Å². The number of anilines is 1. The predicted molar refractivity (Wildman–Crippen MR) is 148 cm³/mol. The summed E-state index contributed by atoms with van der Waals surface area (Å²) in [6.45, 7) is 3.68. The molecule has 172 valence electrons. The molecule has 0 fully saturated rings. The second-order valence-corrected chi connectivity index (χ2v) is 11.7. The molecule has 0 saturated carbocycles. The summed E-state index contributed by atoms with van der Waals surface area (Å²) in [5.74, 6) is -0.0148. The van der Waals surface area contributed by atoms with Crippen LogP contribution in [0.2, 0.25) is 0 Å². The maximum absolute atomic E-state index is 12.6. The van der Waals surface area contributed by atoms with Crippen molar-refractivity contribution in [2.75, 3.05) is 5.01 Å². The van der Waals surface area contributed by atoms with Gasteiger partial charge in [-0.3, -0.25) is 4.79 Å². The normalized spacial score (nSPS) is 20.1. The lowest BCUT2D eigenvalue weighted by atomic mass is 9.82. The fraction of sp³-hybridized carbons (Fsp3) is 0.133. The summed E-state index contributed by atoms with van der Waals surface area (Å²) < 4.78 is -1.09. The highest BCUT2D eigenvalue weighted by Gasteiger charge is 2.61. The minimum absolute atomic E-state index is 0.0148. The van der Waals surface area contributed by atoms with Crippen LogP contribution in [0.3, 0.4) is 0 Å². The lowest BCUT2D eigenvalue weighted by Crippen LogP contribution is -2.34. The van der Waals surface area contributed by atoms with E-state index in [0.29, 0.717) is 5.04 Å². The molecule has 0 amide bonds. The van der Waals surface area contributed by atoms with Crippen LogP contribution in [-0.2, 0) is 13.7 Å². The highest BCUT2D eigenvalue weighted by atomic mass is 32.2. The molecule has 6 rings (SSSR count). The van der Waals surface area contributed by atoms with E-state index in [9.17, 15) is 4.79 Å². The van der Waals surface area contributed by atoms with E-state index in [1.165, 1.54) is 27.8 Å². The van der Waals surface area contributed by atoms with E-state index in [1.807, 2.05) is 11.8 Å². The van der Waals surface area contributed by atoms with Crippen molar-refractivity contribution in [1.29, 1.82) is 0 Å². The van der Waals surface area contributed by atoms with Crippen LogP contribution in [0.5, 0.6) is 0 Å². The average molecular weight is 493 g/mol. The monoisotopic (exact) mass is 492 g/mol. The fourth-order valence-corrected chi connectivity index (χ4v) is 8.52. The summed E-state index contributed by atoms with van der Waals surface area (Å²) in [6, 6.07) is 38.4. The molecule has 0 saturated heterocycles.